The van der Waals surface area contributed by atoms with Crippen LogP contribution in [0.5, 0.6) is 23.0 Å². The van der Waals surface area contributed by atoms with E-state index < -0.39 is 77.3 Å². The second-order valence-electron chi connectivity index (χ2n) is 19.0. The first kappa shape index (κ1) is 68.6. The molecule has 87 heavy (non-hydrogen) atoms. The van der Waals surface area contributed by atoms with Crippen molar-refractivity contribution in [1.29, 1.82) is 0 Å². The molecule has 31 nitrogen and oxygen atoms in total. The Labute approximate surface area is 501 Å². The molecule has 0 bridgehead atoms. The summed E-state index contributed by atoms with van der Waals surface area (Å²) in [5, 5.41) is 23.9. The number of carbonyl (C=O) groups is 9. The van der Waals surface area contributed by atoms with E-state index in [1.807, 2.05) is 0 Å². The van der Waals surface area contributed by atoms with E-state index in [0.717, 1.165) is 0 Å². The lowest BCUT2D eigenvalue weighted by Crippen LogP contribution is -2.44. The van der Waals surface area contributed by atoms with Crippen molar-refractivity contribution in [3.63, 3.8) is 0 Å². The van der Waals surface area contributed by atoms with Crippen molar-refractivity contribution in [2.45, 2.75) is 76.5 Å². The summed E-state index contributed by atoms with van der Waals surface area (Å²) in [5.74, 6) is -6.21. The van der Waals surface area contributed by atoms with Crippen LogP contribution in [0.25, 0.3) is 0 Å². The first-order chi connectivity index (χ1) is 41.4. The molecule has 9 amide bonds. The van der Waals surface area contributed by atoms with Gasteiger partial charge in [-0.15, -0.1) is 0 Å². The third-order valence-corrected chi connectivity index (χ3v) is 12.6. The van der Waals surface area contributed by atoms with Gasteiger partial charge < -0.3 is 101 Å². The topological polar surface area (TPSA) is 492 Å². The molecule has 4 rings (SSSR count). The largest absolute Gasteiger partial charge is 0.496 e. The van der Waals surface area contributed by atoms with Gasteiger partial charge in [0.25, 0.3) is 23.6 Å². The van der Waals surface area contributed by atoms with Crippen LogP contribution in [0.15, 0.2) is 87.8 Å². The third kappa shape index (κ3) is 21.7. The smallest absolute Gasteiger partial charge is 0.255 e. The lowest BCUT2D eigenvalue weighted by molar-refractivity contribution is -0.124. The second kappa shape index (κ2) is 34.0. The van der Waals surface area contributed by atoms with Gasteiger partial charge >= 0.3 is 0 Å². The first-order valence-corrected chi connectivity index (χ1v) is 27.0. The summed E-state index contributed by atoms with van der Waals surface area (Å²) in [4.78, 5) is 134. The van der Waals surface area contributed by atoms with Crippen LogP contribution in [-0.2, 0) is 24.0 Å². The van der Waals surface area contributed by atoms with E-state index in [1.54, 1.807) is 0 Å². The van der Waals surface area contributed by atoms with Crippen LogP contribution in [0, 0.1) is 0 Å². The minimum atomic E-state index is -1.32. The molecule has 0 aliphatic carbocycles. The van der Waals surface area contributed by atoms with Gasteiger partial charge in [0.15, 0.2) is 17.9 Å². The van der Waals surface area contributed by atoms with E-state index in [0.29, 0.717) is 0 Å². The monoisotopic (exact) mass is 1210 g/mol. The van der Waals surface area contributed by atoms with Crippen molar-refractivity contribution in [3.05, 3.63) is 95.1 Å². The summed E-state index contributed by atoms with van der Waals surface area (Å²) in [6.45, 7) is 3.00. The molecule has 0 saturated carbocycles. The number of nitrogens with two attached hydrogens (primary N) is 6. The normalized spacial score (nSPS) is 11.9. The lowest BCUT2D eigenvalue weighted by Gasteiger charge is -2.21. The molecule has 4 aromatic carbocycles. The highest BCUT2D eigenvalue weighted by Crippen LogP contribution is 2.28. The SMILES string of the molecule is CNC(=O)c1cc(NC(=O)[C@@H](CCCN=C(N)N)NC(=O)c2cc(NC(=O)[C@@H](CCCN=C(N)N)NC(=O)c3cc(NC(=O)[C@@H](CCCN=C(N)N)NC(=O)c4cc(NC(=O)[C@@H](C)NC(C)=O)ccc4OC)ccc3OC)ccc2OC)ccc1OC. The van der Waals surface area contributed by atoms with Crippen LogP contribution in [0.1, 0.15) is 93.8 Å². The average molecular weight is 1210 g/mol. The Morgan fingerprint density at radius 1 is 0.414 bits per heavy atom. The zero-order chi connectivity index (χ0) is 64.3. The van der Waals surface area contributed by atoms with Gasteiger partial charge in [0, 0.05) is 56.4 Å². The molecule has 0 aliphatic rings. The van der Waals surface area contributed by atoms with Gasteiger partial charge in [0.05, 0.1) is 50.7 Å². The molecule has 0 fully saturated rings. The van der Waals surface area contributed by atoms with Crippen LogP contribution < -0.4 is 101 Å². The Bertz CT molecular complexity index is 3230. The summed E-state index contributed by atoms with van der Waals surface area (Å²) < 4.78 is 21.8. The molecule has 4 atom stereocenters. The van der Waals surface area contributed by atoms with Gasteiger partial charge in [-0.1, -0.05) is 0 Å². The van der Waals surface area contributed by atoms with Gasteiger partial charge in [0.2, 0.25) is 29.5 Å². The molecule has 0 radical (unpaired) electrons. The van der Waals surface area contributed by atoms with E-state index in [9.17, 15) is 43.2 Å². The predicted octanol–water partition coefficient (Wildman–Crippen LogP) is -0.0842. The molecule has 0 saturated heterocycles. The Morgan fingerprint density at radius 3 is 0.920 bits per heavy atom. The van der Waals surface area contributed by atoms with Crippen molar-refractivity contribution in [3.8, 4) is 23.0 Å². The number of methoxy groups -OCH3 is 4. The van der Waals surface area contributed by atoms with Crippen LogP contribution in [0.2, 0.25) is 0 Å². The molecule has 0 aliphatic heterocycles. The number of hydrogen-bond acceptors (Lipinski definition) is 16. The number of ether oxygens (including phenoxy) is 4. The van der Waals surface area contributed by atoms with E-state index in [4.69, 9.17) is 53.3 Å². The molecular weight excluding hydrogens is 1130 g/mol. The van der Waals surface area contributed by atoms with Crippen molar-refractivity contribution >= 4 is 93.8 Å². The molecule has 0 heterocycles. The fraction of sp³-hybridized carbons (Fsp3) is 0.357. The van der Waals surface area contributed by atoms with E-state index in [1.165, 1.54) is 122 Å². The summed E-state index contributed by atoms with van der Waals surface area (Å²) >= 11 is 0. The fourth-order valence-electron chi connectivity index (χ4n) is 8.32. The Hall–Kier alpha value is -10.9. The van der Waals surface area contributed by atoms with Gasteiger partial charge in [0.1, 0.15) is 47.2 Å². The summed E-state index contributed by atoms with van der Waals surface area (Å²) in [5.41, 5.74) is 33.5. The lowest BCUT2D eigenvalue weighted by atomic mass is 10.1. The fourth-order valence-corrected chi connectivity index (χ4v) is 8.32. The maximum absolute atomic E-state index is 14.3. The number of nitrogens with zero attached hydrogens (tertiary/aromatic N) is 3. The van der Waals surface area contributed by atoms with Crippen molar-refractivity contribution in [2.75, 3.05) is 76.4 Å². The summed E-state index contributed by atoms with van der Waals surface area (Å²) in [6, 6.07) is 12.2. The molecule has 0 unspecified atom stereocenters. The summed E-state index contributed by atoms with van der Waals surface area (Å²) in [7, 11) is 6.75. The molecule has 468 valence electrons. The van der Waals surface area contributed by atoms with Crippen molar-refractivity contribution in [2.24, 2.45) is 49.4 Å². The maximum Gasteiger partial charge on any atom is 0.255 e. The number of hydrogen-bond donors (Lipinski definition) is 15. The third-order valence-electron chi connectivity index (χ3n) is 12.6. The van der Waals surface area contributed by atoms with E-state index >= 15 is 0 Å². The average Bonchev–Trinajstić information content (AvgIpc) is 3.66. The molecule has 0 spiro atoms. The quantitative estimate of drug-likeness (QED) is 0.0173. The van der Waals surface area contributed by atoms with E-state index in [2.05, 4.69) is 62.8 Å². The zero-order valence-electron chi connectivity index (χ0n) is 49.2. The van der Waals surface area contributed by atoms with Gasteiger partial charge in [-0.25, -0.2) is 0 Å². The standard InChI is InChI=1S/C56H76N18O13/c1-29(67-30(2)75)46(76)68-31-14-19-43(85-5)36(26-31)48(78)72-40(12-9-23-65-55(59)60)52(82)70-33-16-21-45(87-7)38(28-33)50(80)74-41(13-10-24-66-56(61)62)53(83)71-34-17-20-44(86-6)37(27-34)49(79)73-39(11-8-22-64-54(57)58)51(81)69-32-15-18-42(84-4)35(25-32)47(77)63-3/h14-21,25-29,39-41H,8-13,22-24H2,1-7H3,(H,63,77)(H,67,75)(H,68,76)(H,69,81)(H,70,82)(H,71,83)(H,72,78)(H,73,79)(H,74,80)(H4,57,58,64)(H4,59,60,65)(H4,61,62,66)/t29-,39-,40-,41-/m1/s1. The highest BCUT2D eigenvalue weighted by molar-refractivity contribution is 6.08. The van der Waals surface area contributed by atoms with E-state index in [-0.39, 0.29) is 144 Å². The minimum Gasteiger partial charge on any atom is -0.496 e. The van der Waals surface area contributed by atoms with Crippen LogP contribution in [-0.4, -0.2) is 150 Å². The minimum absolute atomic E-state index is 0.00417. The highest BCUT2D eigenvalue weighted by atomic mass is 16.5. The number of nitrogens with one attached hydrogen (secondary N) is 9. The predicted molar refractivity (Wildman–Crippen MR) is 327 cm³/mol. The second-order valence-corrected chi connectivity index (χ2v) is 19.0. The molecule has 4 aromatic rings. The summed E-state index contributed by atoms with van der Waals surface area (Å²) in [6.07, 6.45) is 0.611. The van der Waals surface area contributed by atoms with Gasteiger partial charge in [-0.3, -0.25) is 58.1 Å². The van der Waals surface area contributed by atoms with Crippen molar-refractivity contribution in [1.82, 2.24) is 26.6 Å². The number of aliphatic imine (C=N–C) groups is 3. The molecule has 21 N–H and O–H groups in total. The number of anilines is 4. The van der Waals surface area contributed by atoms with Crippen LogP contribution in [0.3, 0.4) is 0 Å². The Kier molecular flexibility index (Phi) is 26.8. The molecule has 31 heteroatoms. The molecular formula is C56H76N18O13. The van der Waals surface area contributed by atoms with Crippen LogP contribution in [0.4, 0.5) is 22.7 Å². The number of carbonyl (C=O) groups excluding carboxylic acids is 9. The van der Waals surface area contributed by atoms with Gasteiger partial charge in [-0.2, -0.15) is 0 Å². The van der Waals surface area contributed by atoms with Crippen LogP contribution >= 0.6 is 0 Å². The molecule has 0 aromatic heterocycles. The number of rotatable bonds is 32. The number of guanidine groups is 3. The zero-order valence-corrected chi connectivity index (χ0v) is 49.2. The number of benzene rings is 4. The Morgan fingerprint density at radius 2 is 0.678 bits per heavy atom. The first-order valence-electron chi connectivity index (χ1n) is 27.0. The Balaban J connectivity index is 1.62. The van der Waals surface area contributed by atoms with Crippen molar-refractivity contribution < 1.29 is 62.1 Å². The highest BCUT2D eigenvalue weighted by Gasteiger charge is 2.29. The maximum atomic E-state index is 14.3. The number of amides is 9. The van der Waals surface area contributed by atoms with Gasteiger partial charge in [-0.05, 0) is 118 Å².